The molecule has 4 nitrogen and oxygen atoms in total. The quantitative estimate of drug-likeness (QED) is 0.866. The number of aromatic nitrogens is 1. The molecule has 0 saturated heterocycles. The summed E-state index contributed by atoms with van der Waals surface area (Å²) >= 11 is 0. The molecule has 0 atom stereocenters. The van der Waals surface area contributed by atoms with Crippen molar-refractivity contribution in [3.8, 4) is 5.75 Å². The van der Waals surface area contributed by atoms with Crippen LogP contribution in [0.5, 0.6) is 5.75 Å². The maximum Gasteiger partial charge on any atom is 0.189 e. The van der Waals surface area contributed by atoms with Crippen molar-refractivity contribution < 1.29 is 4.74 Å². The van der Waals surface area contributed by atoms with E-state index >= 15 is 0 Å². The van der Waals surface area contributed by atoms with Gasteiger partial charge in [0.05, 0.1) is 12.6 Å². The van der Waals surface area contributed by atoms with Gasteiger partial charge in [-0.3, -0.25) is 4.79 Å². The first-order valence-electron chi connectivity index (χ1n) is 5.63. The van der Waals surface area contributed by atoms with Crippen LogP contribution in [0.3, 0.4) is 0 Å². The first-order chi connectivity index (χ1) is 8.26. The predicted molar refractivity (Wildman–Crippen MR) is 68.4 cm³/mol. The second-order valence-corrected chi connectivity index (χ2v) is 3.90. The lowest BCUT2D eigenvalue weighted by Crippen LogP contribution is -2.10. The molecule has 0 aliphatic heterocycles. The van der Waals surface area contributed by atoms with E-state index in [9.17, 15) is 4.79 Å². The maximum absolute atomic E-state index is 11.7. The standard InChI is InChI=1S/C13H16N2O2/c1-17-10-3-4-11-12(9-10)15(7-2-6-14)8-5-13(11)16/h3-5,8-9H,2,6-7,14H2,1H3. The lowest BCUT2D eigenvalue weighted by Gasteiger charge is -2.11. The van der Waals surface area contributed by atoms with E-state index in [0.29, 0.717) is 11.9 Å². The molecule has 90 valence electrons. The van der Waals surface area contributed by atoms with Crippen molar-refractivity contribution in [2.24, 2.45) is 5.73 Å². The van der Waals surface area contributed by atoms with Crippen molar-refractivity contribution >= 4 is 10.9 Å². The fourth-order valence-corrected chi connectivity index (χ4v) is 1.87. The van der Waals surface area contributed by atoms with Crippen molar-refractivity contribution in [3.05, 3.63) is 40.7 Å². The number of methoxy groups -OCH3 is 1. The molecule has 0 aliphatic rings. The van der Waals surface area contributed by atoms with Gasteiger partial charge in [-0.25, -0.2) is 0 Å². The number of benzene rings is 1. The molecule has 0 radical (unpaired) electrons. The first kappa shape index (κ1) is 11.7. The zero-order chi connectivity index (χ0) is 12.3. The number of aryl methyl sites for hydroxylation is 1. The average molecular weight is 232 g/mol. The summed E-state index contributed by atoms with van der Waals surface area (Å²) < 4.78 is 7.22. The zero-order valence-electron chi connectivity index (χ0n) is 9.85. The molecule has 0 amide bonds. The molecule has 0 spiro atoms. The van der Waals surface area contributed by atoms with Crippen LogP contribution >= 0.6 is 0 Å². The highest BCUT2D eigenvalue weighted by atomic mass is 16.5. The third kappa shape index (κ3) is 2.31. The van der Waals surface area contributed by atoms with E-state index in [1.165, 1.54) is 0 Å². The minimum atomic E-state index is 0.0339. The van der Waals surface area contributed by atoms with Crippen LogP contribution in [-0.4, -0.2) is 18.2 Å². The number of nitrogens with zero attached hydrogens (tertiary/aromatic N) is 1. The molecule has 2 rings (SSSR count). The fraction of sp³-hybridized carbons (Fsp3) is 0.308. The van der Waals surface area contributed by atoms with Crippen LogP contribution < -0.4 is 15.9 Å². The van der Waals surface area contributed by atoms with Gasteiger partial charge in [0.15, 0.2) is 5.43 Å². The van der Waals surface area contributed by atoms with Gasteiger partial charge in [-0.1, -0.05) is 0 Å². The molecule has 2 aromatic rings. The Morgan fingerprint density at radius 3 is 2.88 bits per heavy atom. The average Bonchev–Trinajstić information content (AvgIpc) is 2.37. The molecule has 0 aliphatic carbocycles. The number of nitrogens with two attached hydrogens (primary N) is 1. The Labute approximate surface area is 99.6 Å². The minimum absolute atomic E-state index is 0.0339. The van der Waals surface area contributed by atoms with Gasteiger partial charge in [-0.15, -0.1) is 0 Å². The van der Waals surface area contributed by atoms with Gasteiger partial charge < -0.3 is 15.0 Å². The molecule has 1 aromatic carbocycles. The Bertz CT molecular complexity index is 575. The summed E-state index contributed by atoms with van der Waals surface area (Å²) in [5.74, 6) is 0.754. The Balaban J connectivity index is 2.59. The highest BCUT2D eigenvalue weighted by molar-refractivity contribution is 5.80. The van der Waals surface area contributed by atoms with Crippen LogP contribution in [0.1, 0.15) is 6.42 Å². The summed E-state index contributed by atoms with van der Waals surface area (Å²) in [5, 5.41) is 0.713. The second-order valence-electron chi connectivity index (χ2n) is 3.90. The van der Waals surface area contributed by atoms with Crippen molar-refractivity contribution in [3.63, 3.8) is 0 Å². The molecule has 17 heavy (non-hydrogen) atoms. The number of fused-ring (bicyclic) bond motifs is 1. The van der Waals surface area contributed by atoms with Gasteiger partial charge in [-0.05, 0) is 25.1 Å². The number of rotatable bonds is 4. The van der Waals surface area contributed by atoms with Crippen LogP contribution in [0.25, 0.3) is 10.9 Å². The van der Waals surface area contributed by atoms with E-state index in [2.05, 4.69) is 0 Å². The summed E-state index contributed by atoms with van der Waals surface area (Å²) in [6.07, 6.45) is 2.69. The Hall–Kier alpha value is -1.81. The van der Waals surface area contributed by atoms with Crippen LogP contribution in [0.2, 0.25) is 0 Å². The van der Waals surface area contributed by atoms with Crippen molar-refractivity contribution in [1.82, 2.24) is 4.57 Å². The monoisotopic (exact) mass is 232 g/mol. The molecule has 0 bridgehead atoms. The maximum atomic E-state index is 11.7. The van der Waals surface area contributed by atoms with Gasteiger partial charge in [0.2, 0.25) is 0 Å². The summed E-state index contributed by atoms with van der Waals surface area (Å²) in [4.78, 5) is 11.7. The van der Waals surface area contributed by atoms with Gasteiger partial charge in [0.1, 0.15) is 5.75 Å². The first-order valence-corrected chi connectivity index (χ1v) is 5.63. The van der Waals surface area contributed by atoms with Gasteiger partial charge in [0, 0.05) is 30.3 Å². The summed E-state index contributed by atoms with van der Waals surface area (Å²) in [7, 11) is 1.62. The third-order valence-corrected chi connectivity index (χ3v) is 2.79. The lowest BCUT2D eigenvalue weighted by molar-refractivity contribution is 0.415. The van der Waals surface area contributed by atoms with Gasteiger partial charge in [0.25, 0.3) is 0 Å². The molecule has 1 aromatic heterocycles. The highest BCUT2D eigenvalue weighted by Crippen LogP contribution is 2.18. The molecular formula is C13H16N2O2. The summed E-state index contributed by atoms with van der Waals surface area (Å²) in [6, 6.07) is 7.07. The van der Waals surface area contributed by atoms with Crippen molar-refractivity contribution in [1.29, 1.82) is 0 Å². The van der Waals surface area contributed by atoms with Gasteiger partial charge in [-0.2, -0.15) is 0 Å². The van der Waals surface area contributed by atoms with Crippen LogP contribution in [0.4, 0.5) is 0 Å². The van der Waals surface area contributed by atoms with E-state index in [4.69, 9.17) is 10.5 Å². The summed E-state index contributed by atoms with van der Waals surface area (Å²) in [6.45, 7) is 1.44. The molecule has 2 N–H and O–H groups in total. The Kier molecular flexibility index (Phi) is 3.44. The SMILES string of the molecule is COc1ccc2c(=O)ccn(CCCN)c2c1. The van der Waals surface area contributed by atoms with E-state index in [1.54, 1.807) is 31.5 Å². The van der Waals surface area contributed by atoms with Crippen LogP contribution in [0, 0.1) is 0 Å². The Morgan fingerprint density at radius 1 is 1.35 bits per heavy atom. The third-order valence-electron chi connectivity index (χ3n) is 2.79. The summed E-state index contributed by atoms with van der Waals surface area (Å²) in [5.41, 5.74) is 6.43. The van der Waals surface area contributed by atoms with E-state index in [1.807, 2.05) is 10.6 Å². The fourth-order valence-electron chi connectivity index (χ4n) is 1.87. The number of pyridine rings is 1. The number of ether oxygens (including phenoxy) is 1. The molecule has 0 fully saturated rings. The van der Waals surface area contributed by atoms with Crippen LogP contribution in [0.15, 0.2) is 35.3 Å². The molecule has 1 heterocycles. The predicted octanol–water partition coefficient (Wildman–Crippen LogP) is 1.36. The number of hydrogen-bond donors (Lipinski definition) is 1. The minimum Gasteiger partial charge on any atom is -0.497 e. The van der Waals surface area contributed by atoms with Crippen LogP contribution in [-0.2, 0) is 6.54 Å². The molecule has 0 saturated carbocycles. The highest BCUT2D eigenvalue weighted by Gasteiger charge is 2.04. The largest absolute Gasteiger partial charge is 0.497 e. The topological polar surface area (TPSA) is 57.2 Å². The Morgan fingerprint density at radius 2 is 2.18 bits per heavy atom. The molecular weight excluding hydrogens is 216 g/mol. The van der Waals surface area contributed by atoms with Crippen molar-refractivity contribution in [2.75, 3.05) is 13.7 Å². The number of hydrogen-bond acceptors (Lipinski definition) is 3. The van der Waals surface area contributed by atoms with E-state index < -0.39 is 0 Å². The lowest BCUT2D eigenvalue weighted by atomic mass is 10.2. The van der Waals surface area contributed by atoms with E-state index in [0.717, 1.165) is 24.2 Å². The van der Waals surface area contributed by atoms with Crippen molar-refractivity contribution in [2.45, 2.75) is 13.0 Å². The second kappa shape index (κ2) is 5.01. The normalized spacial score (nSPS) is 10.7. The zero-order valence-corrected chi connectivity index (χ0v) is 9.85. The van der Waals surface area contributed by atoms with E-state index in [-0.39, 0.29) is 5.43 Å². The smallest absolute Gasteiger partial charge is 0.189 e. The van der Waals surface area contributed by atoms with Gasteiger partial charge >= 0.3 is 0 Å². The molecule has 0 unspecified atom stereocenters. The molecule has 4 heteroatoms.